The molecule has 2 saturated heterocycles. The highest BCUT2D eigenvalue weighted by Crippen LogP contribution is 2.28. The normalized spacial score (nSPS) is 16.9. The zero-order valence-corrected chi connectivity index (χ0v) is 16.0. The fourth-order valence-corrected chi connectivity index (χ4v) is 3.49. The molecule has 2 N–H and O–H groups in total. The van der Waals surface area contributed by atoms with Gasteiger partial charge in [-0.3, -0.25) is 0 Å². The number of phenols is 1. The molecule has 1 aromatic heterocycles. The van der Waals surface area contributed by atoms with Crippen molar-refractivity contribution in [2.45, 2.75) is 25.7 Å². The van der Waals surface area contributed by atoms with Crippen LogP contribution in [0.25, 0.3) is 0 Å². The van der Waals surface area contributed by atoms with Crippen molar-refractivity contribution in [2.75, 3.05) is 48.5 Å². The molecular weight excluding hydrogens is 358 g/mol. The van der Waals surface area contributed by atoms with Crippen LogP contribution in [0, 0.1) is 0 Å². The van der Waals surface area contributed by atoms with Gasteiger partial charge in [-0.25, -0.2) is 5.43 Å². The van der Waals surface area contributed by atoms with E-state index in [1.165, 1.54) is 13.3 Å². The summed E-state index contributed by atoms with van der Waals surface area (Å²) in [6.07, 6.45) is 6.13. The molecule has 0 bridgehead atoms. The number of hydrogen-bond acceptors (Lipinski definition) is 9. The van der Waals surface area contributed by atoms with Gasteiger partial charge in [-0.15, -0.1) is 0 Å². The average molecular weight is 383 g/mol. The number of phenolic OH excluding ortho intramolecular Hbond substituents is 1. The summed E-state index contributed by atoms with van der Waals surface area (Å²) in [5, 5.41) is 14.4. The molecule has 2 aliphatic rings. The molecule has 0 atom stereocenters. The monoisotopic (exact) mass is 383 g/mol. The molecule has 2 aromatic rings. The summed E-state index contributed by atoms with van der Waals surface area (Å²) in [6, 6.07) is 5.23. The van der Waals surface area contributed by atoms with Gasteiger partial charge >= 0.3 is 0 Å². The predicted octanol–water partition coefficient (Wildman–Crippen LogP) is 2.23. The van der Waals surface area contributed by atoms with Gasteiger partial charge in [0.2, 0.25) is 17.8 Å². The molecule has 0 unspecified atom stereocenters. The van der Waals surface area contributed by atoms with Gasteiger partial charge in [-0.2, -0.15) is 20.1 Å². The van der Waals surface area contributed by atoms with Crippen molar-refractivity contribution in [1.82, 2.24) is 15.0 Å². The molecule has 9 nitrogen and oxygen atoms in total. The smallest absolute Gasteiger partial charge is 0.250 e. The Morgan fingerprint density at radius 1 is 1.00 bits per heavy atom. The van der Waals surface area contributed by atoms with Crippen LogP contribution in [0.1, 0.15) is 31.2 Å². The average Bonchev–Trinajstić information content (AvgIpc) is 3.43. The van der Waals surface area contributed by atoms with E-state index in [0.29, 0.717) is 29.2 Å². The van der Waals surface area contributed by atoms with Gasteiger partial charge in [0.25, 0.3) is 0 Å². The second-order valence-electron chi connectivity index (χ2n) is 6.92. The van der Waals surface area contributed by atoms with Gasteiger partial charge in [0.15, 0.2) is 11.5 Å². The number of aromatic nitrogens is 3. The number of hydrogen-bond donors (Lipinski definition) is 2. The molecular formula is C19H25N7O2. The van der Waals surface area contributed by atoms with Gasteiger partial charge in [0.05, 0.1) is 13.3 Å². The number of anilines is 3. The zero-order chi connectivity index (χ0) is 19.3. The molecule has 4 rings (SSSR count). The van der Waals surface area contributed by atoms with E-state index < -0.39 is 0 Å². The summed E-state index contributed by atoms with van der Waals surface area (Å²) < 4.78 is 5.12. The van der Waals surface area contributed by atoms with Gasteiger partial charge in [-0.05, 0) is 37.8 Å². The first-order valence-corrected chi connectivity index (χ1v) is 9.65. The lowest BCUT2D eigenvalue weighted by Gasteiger charge is -2.20. The van der Waals surface area contributed by atoms with Gasteiger partial charge in [-0.1, -0.05) is 6.07 Å². The Labute approximate surface area is 164 Å². The quantitative estimate of drug-likeness (QED) is 0.579. The lowest BCUT2D eigenvalue weighted by atomic mass is 10.2. The Morgan fingerprint density at radius 2 is 1.61 bits per heavy atom. The molecule has 2 aliphatic heterocycles. The minimum Gasteiger partial charge on any atom is -0.504 e. The molecule has 3 heterocycles. The Kier molecular flexibility index (Phi) is 5.41. The molecule has 2 fully saturated rings. The summed E-state index contributed by atoms with van der Waals surface area (Å²) in [5.74, 6) is 2.23. The molecule has 0 radical (unpaired) electrons. The van der Waals surface area contributed by atoms with Crippen molar-refractivity contribution in [2.24, 2.45) is 5.10 Å². The second-order valence-corrected chi connectivity index (χ2v) is 6.92. The van der Waals surface area contributed by atoms with Crippen LogP contribution in [0.5, 0.6) is 11.5 Å². The molecule has 0 amide bonds. The van der Waals surface area contributed by atoms with Gasteiger partial charge in [0, 0.05) is 31.7 Å². The van der Waals surface area contributed by atoms with Crippen LogP contribution in [0.4, 0.5) is 17.8 Å². The Morgan fingerprint density at radius 3 is 2.18 bits per heavy atom. The van der Waals surface area contributed by atoms with Crippen LogP contribution in [-0.4, -0.2) is 59.6 Å². The maximum absolute atomic E-state index is 10.2. The SMILES string of the molecule is COc1cccc(/C=N\Nc2nc(N3CCCC3)nc(N3CCCC3)n2)c1O. The highest BCUT2D eigenvalue weighted by Gasteiger charge is 2.21. The van der Waals surface area contributed by atoms with Crippen molar-refractivity contribution in [3.05, 3.63) is 23.8 Å². The minimum atomic E-state index is 0.0432. The maximum Gasteiger partial charge on any atom is 0.250 e. The topological polar surface area (TPSA) is 99.0 Å². The van der Waals surface area contributed by atoms with Crippen LogP contribution in [-0.2, 0) is 0 Å². The third-order valence-corrected chi connectivity index (χ3v) is 5.01. The Hall–Kier alpha value is -3.10. The van der Waals surface area contributed by atoms with Crippen molar-refractivity contribution in [3.8, 4) is 11.5 Å². The molecule has 148 valence electrons. The maximum atomic E-state index is 10.2. The number of hydrazone groups is 1. The zero-order valence-electron chi connectivity index (χ0n) is 16.0. The van der Waals surface area contributed by atoms with Crippen molar-refractivity contribution < 1.29 is 9.84 Å². The second kappa shape index (κ2) is 8.28. The largest absolute Gasteiger partial charge is 0.504 e. The molecule has 0 saturated carbocycles. The summed E-state index contributed by atoms with van der Waals surface area (Å²) in [5.41, 5.74) is 3.43. The number of methoxy groups -OCH3 is 1. The van der Waals surface area contributed by atoms with Crippen molar-refractivity contribution in [3.63, 3.8) is 0 Å². The van der Waals surface area contributed by atoms with E-state index in [1.807, 2.05) is 0 Å². The Balaban J connectivity index is 1.56. The van der Waals surface area contributed by atoms with Crippen LogP contribution in [0.3, 0.4) is 0 Å². The van der Waals surface area contributed by atoms with E-state index in [-0.39, 0.29) is 5.75 Å². The van der Waals surface area contributed by atoms with E-state index in [0.717, 1.165) is 51.9 Å². The van der Waals surface area contributed by atoms with Crippen LogP contribution >= 0.6 is 0 Å². The molecule has 0 aliphatic carbocycles. The fourth-order valence-electron chi connectivity index (χ4n) is 3.49. The molecule has 0 spiro atoms. The first-order chi connectivity index (χ1) is 13.7. The highest BCUT2D eigenvalue weighted by atomic mass is 16.5. The van der Waals surface area contributed by atoms with Crippen LogP contribution in [0.15, 0.2) is 23.3 Å². The third-order valence-electron chi connectivity index (χ3n) is 5.01. The lowest BCUT2D eigenvalue weighted by Crippen LogP contribution is -2.25. The molecule has 9 heteroatoms. The Bertz CT molecular complexity index is 812. The number of ether oxygens (including phenoxy) is 1. The van der Waals surface area contributed by atoms with E-state index in [2.05, 4.69) is 35.3 Å². The van der Waals surface area contributed by atoms with Gasteiger partial charge < -0.3 is 19.6 Å². The van der Waals surface area contributed by atoms with E-state index in [4.69, 9.17) is 4.74 Å². The first-order valence-electron chi connectivity index (χ1n) is 9.65. The van der Waals surface area contributed by atoms with Crippen molar-refractivity contribution >= 4 is 24.1 Å². The number of para-hydroxylation sites is 1. The predicted molar refractivity (Wildman–Crippen MR) is 109 cm³/mol. The molecule has 28 heavy (non-hydrogen) atoms. The lowest BCUT2D eigenvalue weighted by molar-refractivity contribution is 0.373. The number of benzene rings is 1. The fraction of sp³-hybridized carbons (Fsp3) is 0.474. The summed E-state index contributed by atoms with van der Waals surface area (Å²) in [4.78, 5) is 18.1. The number of nitrogens with zero attached hydrogens (tertiary/aromatic N) is 6. The number of aromatic hydroxyl groups is 1. The highest BCUT2D eigenvalue weighted by molar-refractivity contribution is 5.85. The number of rotatable bonds is 6. The summed E-state index contributed by atoms with van der Waals surface area (Å²) in [7, 11) is 1.51. The minimum absolute atomic E-state index is 0.0432. The summed E-state index contributed by atoms with van der Waals surface area (Å²) in [6.45, 7) is 3.85. The van der Waals surface area contributed by atoms with Crippen LogP contribution < -0.4 is 20.0 Å². The molecule has 1 aromatic carbocycles. The van der Waals surface area contributed by atoms with E-state index in [9.17, 15) is 5.11 Å². The van der Waals surface area contributed by atoms with Crippen LogP contribution in [0.2, 0.25) is 0 Å². The van der Waals surface area contributed by atoms with Crippen molar-refractivity contribution in [1.29, 1.82) is 0 Å². The third kappa shape index (κ3) is 3.92. The number of nitrogens with one attached hydrogen (secondary N) is 1. The van der Waals surface area contributed by atoms with E-state index >= 15 is 0 Å². The van der Waals surface area contributed by atoms with Gasteiger partial charge in [0.1, 0.15) is 0 Å². The first kappa shape index (κ1) is 18.3. The standard InChI is InChI=1S/C19H25N7O2/c1-28-15-8-6-7-14(16(15)27)13-20-24-17-21-18(25-9-2-3-10-25)23-19(22-17)26-11-4-5-12-26/h6-8,13,27H,2-5,9-12H2,1H3,(H,21,22,23,24)/b20-13-. The van der Waals surface area contributed by atoms with E-state index in [1.54, 1.807) is 18.2 Å². The summed E-state index contributed by atoms with van der Waals surface area (Å²) >= 11 is 0.